The lowest BCUT2D eigenvalue weighted by Gasteiger charge is -2.26. The molecule has 3 aromatic rings. The molecule has 3 aromatic heterocycles. The van der Waals surface area contributed by atoms with Gasteiger partial charge in [0.1, 0.15) is 12.4 Å². The summed E-state index contributed by atoms with van der Waals surface area (Å²) in [5.74, 6) is 0.542. The first-order valence-corrected chi connectivity index (χ1v) is 9.86. The monoisotopic (exact) mass is 385 g/mol. The first-order chi connectivity index (χ1) is 13.2. The average Bonchev–Trinajstić information content (AvgIpc) is 3.39. The van der Waals surface area contributed by atoms with Crippen LogP contribution in [0, 0.1) is 0 Å². The van der Waals surface area contributed by atoms with E-state index < -0.39 is 0 Å². The van der Waals surface area contributed by atoms with Crippen LogP contribution in [0.25, 0.3) is 11.1 Å². The maximum atomic E-state index is 12.2. The smallest absolute Gasteiger partial charge is 0.247 e. The molecule has 0 aromatic carbocycles. The quantitative estimate of drug-likeness (QED) is 0.670. The number of aryl methyl sites for hydroxylation is 1. The van der Waals surface area contributed by atoms with E-state index in [9.17, 15) is 4.79 Å². The van der Waals surface area contributed by atoms with Crippen LogP contribution in [0.4, 0.5) is 5.82 Å². The zero-order valence-electron chi connectivity index (χ0n) is 15.3. The summed E-state index contributed by atoms with van der Waals surface area (Å²) in [7, 11) is 1.79. The van der Waals surface area contributed by atoms with Crippen LogP contribution in [0.3, 0.4) is 0 Å². The van der Waals surface area contributed by atoms with Gasteiger partial charge in [0.25, 0.3) is 0 Å². The lowest BCUT2D eigenvalue weighted by atomic mass is 10.2. The highest BCUT2D eigenvalue weighted by atomic mass is 32.1. The van der Waals surface area contributed by atoms with Crippen molar-refractivity contribution in [3.05, 3.63) is 41.0 Å². The Morgan fingerprint density at radius 2 is 2.15 bits per heavy atom. The Morgan fingerprint density at radius 3 is 2.93 bits per heavy atom. The second-order valence-electron chi connectivity index (χ2n) is 6.64. The van der Waals surface area contributed by atoms with Crippen molar-refractivity contribution >= 4 is 23.1 Å². The summed E-state index contributed by atoms with van der Waals surface area (Å²) in [5, 5.41) is 16.7. The molecule has 4 heterocycles. The summed E-state index contributed by atoms with van der Waals surface area (Å²) < 4.78 is 3.28. The van der Waals surface area contributed by atoms with E-state index in [1.165, 1.54) is 4.88 Å². The lowest BCUT2D eigenvalue weighted by Crippen LogP contribution is -2.42. The molecule has 1 amide bonds. The number of anilines is 1. The van der Waals surface area contributed by atoms with Gasteiger partial charge in [0.05, 0.1) is 12.4 Å². The number of carbonyl (C=O) groups is 1. The maximum absolute atomic E-state index is 12.2. The predicted octanol–water partition coefficient (Wildman–Crippen LogP) is 1.39. The minimum atomic E-state index is -0.127. The second kappa shape index (κ2) is 8.03. The fourth-order valence-electron chi connectivity index (χ4n) is 3.13. The molecule has 0 unspecified atom stereocenters. The van der Waals surface area contributed by atoms with Crippen LogP contribution in [-0.2, 0) is 24.9 Å². The van der Waals surface area contributed by atoms with Crippen molar-refractivity contribution in [3.63, 3.8) is 0 Å². The van der Waals surface area contributed by atoms with Crippen molar-refractivity contribution in [2.24, 2.45) is 7.05 Å². The van der Waals surface area contributed by atoms with Gasteiger partial charge in [-0.05, 0) is 17.0 Å². The molecule has 0 atom stereocenters. The van der Waals surface area contributed by atoms with Crippen molar-refractivity contribution in [3.8, 4) is 11.1 Å². The molecule has 0 saturated carbocycles. The van der Waals surface area contributed by atoms with E-state index in [1.807, 2.05) is 12.4 Å². The number of amides is 1. The van der Waals surface area contributed by atoms with Gasteiger partial charge in [-0.2, -0.15) is 10.2 Å². The van der Waals surface area contributed by atoms with E-state index in [4.69, 9.17) is 0 Å². The molecular formula is C18H23N7OS. The number of rotatable bonds is 6. The van der Waals surface area contributed by atoms with Gasteiger partial charge in [-0.3, -0.25) is 19.1 Å². The summed E-state index contributed by atoms with van der Waals surface area (Å²) in [5.41, 5.74) is 2.19. The van der Waals surface area contributed by atoms with Crippen molar-refractivity contribution in [2.75, 3.05) is 31.5 Å². The molecular weight excluding hydrogens is 362 g/mol. The predicted molar refractivity (Wildman–Crippen MR) is 106 cm³/mol. The van der Waals surface area contributed by atoms with E-state index in [0.29, 0.717) is 5.82 Å². The Morgan fingerprint density at radius 1 is 1.30 bits per heavy atom. The lowest BCUT2D eigenvalue weighted by molar-refractivity contribution is -0.116. The molecule has 2 N–H and O–H groups in total. The second-order valence-corrected chi connectivity index (χ2v) is 7.64. The summed E-state index contributed by atoms with van der Waals surface area (Å²) in [6.07, 6.45) is 5.38. The standard InChI is InChI=1S/C18H23N7OS/c1-23-17(2-3-20-23)22-18(26)12-25-10-15(9-21-25)14-8-16(27-13-14)11-24-6-4-19-5-7-24/h2-3,8-10,13,19H,4-7,11-12H2,1H3,(H,22,26). The molecule has 9 heteroatoms. The molecule has 8 nitrogen and oxygen atoms in total. The molecule has 1 saturated heterocycles. The number of hydrogen-bond acceptors (Lipinski definition) is 6. The number of nitrogens with one attached hydrogen (secondary N) is 2. The molecule has 0 aliphatic carbocycles. The van der Waals surface area contributed by atoms with Crippen LogP contribution >= 0.6 is 11.3 Å². The number of hydrogen-bond donors (Lipinski definition) is 2. The largest absolute Gasteiger partial charge is 0.314 e. The normalized spacial score (nSPS) is 15.1. The molecule has 0 bridgehead atoms. The van der Waals surface area contributed by atoms with E-state index >= 15 is 0 Å². The zero-order chi connectivity index (χ0) is 18.6. The van der Waals surface area contributed by atoms with Crippen molar-refractivity contribution in [1.29, 1.82) is 0 Å². The minimum Gasteiger partial charge on any atom is -0.314 e. The van der Waals surface area contributed by atoms with E-state index in [-0.39, 0.29) is 12.5 Å². The zero-order valence-corrected chi connectivity index (χ0v) is 16.1. The van der Waals surface area contributed by atoms with Crippen LogP contribution in [0.2, 0.25) is 0 Å². The highest BCUT2D eigenvalue weighted by Crippen LogP contribution is 2.26. The molecule has 1 aliphatic rings. The molecule has 4 rings (SSSR count). The Labute approximate surface area is 161 Å². The highest BCUT2D eigenvalue weighted by Gasteiger charge is 2.13. The maximum Gasteiger partial charge on any atom is 0.247 e. The molecule has 0 spiro atoms. The molecule has 0 radical (unpaired) electrons. The number of thiophene rings is 1. The molecule has 142 valence electrons. The first kappa shape index (κ1) is 17.9. The Hall–Kier alpha value is -2.49. The third kappa shape index (κ3) is 4.44. The number of piperazine rings is 1. The summed E-state index contributed by atoms with van der Waals surface area (Å²) >= 11 is 1.78. The minimum absolute atomic E-state index is 0.127. The van der Waals surface area contributed by atoms with Gasteiger partial charge in [-0.1, -0.05) is 0 Å². The number of aromatic nitrogens is 4. The third-order valence-corrected chi connectivity index (χ3v) is 5.52. The fourth-order valence-corrected chi connectivity index (χ4v) is 4.06. The Kier molecular flexibility index (Phi) is 5.33. The van der Waals surface area contributed by atoms with Gasteiger partial charge in [0, 0.05) is 62.5 Å². The van der Waals surface area contributed by atoms with Crippen LogP contribution in [-0.4, -0.2) is 56.5 Å². The third-order valence-electron chi connectivity index (χ3n) is 4.60. The fraction of sp³-hybridized carbons (Fsp3) is 0.389. The van der Waals surface area contributed by atoms with E-state index in [1.54, 1.807) is 40.0 Å². The number of carbonyl (C=O) groups excluding carboxylic acids is 1. The van der Waals surface area contributed by atoms with E-state index in [0.717, 1.165) is 43.9 Å². The van der Waals surface area contributed by atoms with Crippen LogP contribution < -0.4 is 10.6 Å². The van der Waals surface area contributed by atoms with Crippen molar-refractivity contribution < 1.29 is 4.79 Å². The Bertz CT molecular complexity index is 906. The average molecular weight is 385 g/mol. The van der Waals surface area contributed by atoms with E-state index in [2.05, 4.69) is 37.2 Å². The first-order valence-electron chi connectivity index (χ1n) is 8.98. The summed E-state index contributed by atoms with van der Waals surface area (Å²) in [6, 6.07) is 3.99. The van der Waals surface area contributed by atoms with Gasteiger partial charge in [-0.25, -0.2) is 0 Å². The Balaban J connectivity index is 1.36. The van der Waals surface area contributed by atoms with Crippen molar-refractivity contribution in [1.82, 2.24) is 29.8 Å². The van der Waals surface area contributed by atoms with Crippen LogP contribution in [0.15, 0.2) is 36.1 Å². The van der Waals surface area contributed by atoms with Gasteiger partial charge < -0.3 is 10.6 Å². The summed E-state index contributed by atoms with van der Waals surface area (Å²) in [6.45, 7) is 5.47. The molecule has 1 aliphatic heterocycles. The van der Waals surface area contributed by atoms with Crippen LogP contribution in [0.1, 0.15) is 4.88 Å². The molecule has 1 fully saturated rings. The SMILES string of the molecule is Cn1nccc1NC(=O)Cn1cc(-c2csc(CN3CCNCC3)c2)cn1. The summed E-state index contributed by atoms with van der Waals surface area (Å²) in [4.78, 5) is 16.0. The highest BCUT2D eigenvalue weighted by molar-refractivity contribution is 7.10. The van der Waals surface area contributed by atoms with Gasteiger partial charge in [0.15, 0.2) is 0 Å². The van der Waals surface area contributed by atoms with Crippen LogP contribution in [0.5, 0.6) is 0 Å². The topological polar surface area (TPSA) is 80.0 Å². The van der Waals surface area contributed by atoms with Gasteiger partial charge in [-0.15, -0.1) is 11.3 Å². The van der Waals surface area contributed by atoms with Gasteiger partial charge in [0.2, 0.25) is 5.91 Å². The van der Waals surface area contributed by atoms with Gasteiger partial charge >= 0.3 is 0 Å². The molecule has 27 heavy (non-hydrogen) atoms. The number of nitrogens with zero attached hydrogens (tertiary/aromatic N) is 5. The van der Waals surface area contributed by atoms with Crippen molar-refractivity contribution in [2.45, 2.75) is 13.1 Å².